The van der Waals surface area contributed by atoms with E-state index >= 15 is 0 Å². The van der Waals surface area contributed by atoms with Crippen LogP contribution in [0.1, 0.15) is 18.4 Å². The van der Waals surface area contributed by atoms with Crippen LogP contribution in [0.15, 0.2) is 53.7 Å². The Morgan fingerprint density at radius 3 is 2.59 bits per heavy atom. The Morgan fingerprint density at radius 2 is 1.97 bits per heavy atom. The number of rotatable bonds is 4. The van der Waals surface area contributed by atoms with Crippen LogP contribution < -0.4 is 0 Å². The van der Waals surface area contributed by atoms with Crippen molar-refractivity contribution >= 4 is 39.1 Å². The quantitative estimate of drug-likeness (QED) is 0.632. The number of hydrogen-bond acceptors (Lipinski definition) is 5. The zero-order valence-corrected chi connectivity index (χ0v) is 17.5. The molecular formula is C20H22ClN3O4S. The fraction of sp³-hybridized carbons (Fsp3) is 0.300. The van der Waals surface area contributed by atoms with Gasteiger partial charge in [0.25, 0.3) is 16.5 Å². The molecule has 3 aromatic rings. The summed E-state index contributed by atoms with van der Waals surface area (Å²) in [5, 5.41) is 7.40. The molecule has 0 radical (unpaired) electrons. The Hall–Kier alpha value is -2.42. The lowest BCUT2D eigenvalue weighted by molar-refractivity contribution is -0.122. The summed E-state index contributed by atoms with van der Waals surface area (Å²) in [5.74, 6) is 0. The van der Waals surface area contributed by atoms with E-state index in [9.17, 15) is 8.42 Å². The number of aromatic nitrogens is 2. The number of halogens is 1. The van der Waals surface area contributed by atoms with Crippen molar-refractivity contribution in [1.82, 2.24) is 13.9 Å². The lowest BCUT2D eigenvalue weighted by Gasteiger charge is -2.18. The molecule has 0 bridgehead atoms. The molecule has 1 aromatic carbocycles. The first kappa shape index (κ1) is 21.3. The smallest absolute Gasteiger partial charge is 0.290 e. The van der Waals surface area contributed by atoms with Crippen LogP contribution in [0, 0.1) is 0 Å². The van der Waals surface area contributed by atoms with Gasteiger partial charge in [0, 0.05) is 23.5 Å². The van der Waals surface area contributed by atoms with Gasteiger partial charge in [0.05, 0.1) is 15.9 Å². The van der Waals surface area contributed by atoms with Crippen LogP contribution in [0.4, 0.5) is 0 Å². The van der Waals surface area contributed by atoms with Crippen molar-refractivity contribution in [2.45, 2.75) is 30.2 Å². The molecule has 1 N–H and O–H groups in total. The number of nitrogens with zero attached hydrogens (tertiary/aromatic N) is 3. The third-order valence-electron chi connectivity index (χ3n) is 5.10. The first-order chi connectivity index (χ1) is 13.9. The lowest BCUT2D eigenvalue weighted by atomic mass is 10.1. The van der Waals surface area contributed by atoms with Gasteiger partial charge in [-0.3, -0.25) is 9.78 Å². The van der Waals surface area contributed by atoms with E-state index in [1.54, 1.807) is 36.7 Å². The molecule has 0 unspecified atom stereocenters. The van der Waals surface area contributed by atoms with E-state index in [1.165, 1.54) is 22.5 Å². The van der Waals surface area contributed by atoms with E-state index in [-0.39, 0.29) is 11.4 Å². The second-order valence-corrected chi connectivity index (χ2v) is 9.12. The molecule has 1 atom stereocenters. The highest BCUT2D eigenvalue weighted by Gasteiger charge is 2.26. The molecule has 0 spiro atoms. The minimum Gasteiger partial charge on any atom is -0.483 e. The number of likely N-dealkylation sites (tertiary alicyclic amines) is 1. The topological polar surface area (TPSA) is 92.5 Å². The third kappa shape index (κ3) is 4.44. The van der Waals surface area contributed by atoms with Gasteiger partial charge in [-0.1, -0.05) is 11.6 Å². The van der Waals surface area contributed by atoms with Crippen molar-refractivity contribution < 1.29 is 18.3 Å². The van der Waals surface area contributed by atoms with Gasteiger partial charge in [-0.05, 0) is 74.8 Å². The molecule has 0 saturated carbocycles. The summed E-state index contributed by atoms with van der Waals surface area (Å²) in [7, 11) is -1.58. The number of pyridine rings is 1. The van der Waals surface area contributed by atoms with E-state index in [1.807, 2.05) is 0 Å². The lowest BCUT2D eigenvalue weighted by Crippen LogP contribution is -2.26. The highest BCUT2D eigenvalue weighted by molar-refractivity contribution is 7.90. The van der Waals surface area contributed by atoms with Crippen molar-refractivity contribution in [1.29, 1.82) is 0 Å². The predicted octanol–water partition coefficient (Wildman–Crippen LogP) is 3.26. The molecule has 1 aliphatic heterocycles. The average molecular weight is 436 g/mol. The monoisotopic (exact) mass is 435 g/mol. The van der Waals surface area contributed by atoms with Crippen LogP contribution in [0.3, 0.4) is 0 Å². The maximum absolute atomic E-state index is 13.2. The maximum atomic E-state index is 13.2. The second kappa shape index (κ2) is 8.94. The molecule has 3 heterocycles. The van der Waals surface area contributed by atoms with Crippen LogP contribution in [0.5, 0.6) is 0 Å². The largest absolute Gasteiger partial charge is 0.483 e. The Morgan fingerprint density at radius 1 is 1.28 bits per heavy atom. The van der Waals surface area contributed by atoms with E-state index < -0.39 is 10.0 Å². The molecule has 4 rings (SSSR count). The van der Waals surface area contributed by atoms with Crippen molar-refractivity contribution in [2.75, 3.05) is 13.6 Å². The van der Waals surface area contributed by atoms with Crippen LogP contribution in [-0.2, 0) is 21.2 Å². The standard InChI is InChI=1S/C19H20ClN3O2S.CH2O2/c1-22-11-3-4-16(22)12-14-13-23(18-5-2-10-21-19(14)18)26(24,25)17-8-6-15(20)7-9-17;2-1-3/h2,5-10,13,16H,3-4,11-12H2,1H3;1H,(H,2,3)/t16-;/m0./s1. The number of benzene rings is 1. The molecule has 1 fully saturated rings. The van der Waals surface area contributed by atoms with Gasteiger partial charge in [-0.15, -0.1) is 0 Å². The molecule has 0 aliphatic carbocycles. The predicted molar refractivity (Wildman–Crippen MR) is 112 cm³/mol. The highest BCUT2D eigenvalue weighted by atomic mass is 35.5. The second-order valence-electron chi connectivity index (χ2n) is 6.87. The Kier molecular flexibility index (Phi) is 6.56. The normalized spacial score (nSPS) is 17.1. The number of hydrogen-bond donors (Lipinski definition) is 1. The van der Waals surface area contributed by atoms with Gasteiger partial charge in [-0.25, -0.2) is 12.4 Å². The highest BCUT2D eigenvalue weighted by Crippen LogP contribution is 2.28. The van der Waals surface area contributed by atoms with E-state index in [4.69, 9.17) is 21.5 Å². The van der Waals surface area contributed by atoms with Crippen LogP contribution >= 0.6 is 11.6 Å². The van der Waals surface area contributed by atoms with Crippen molar-refractivity contribution in [3.8, 4) is 0 Å². The summed E-state index contributed by atoms with van der Waals surface area (Å²) < 4.78 is 27.7. The SMILES string of the molecule is CN1CCC[C@H]1Cc1cn(S(=O)(=O)c2ccc(Cl)cc2)c2cccnc12.O=CO. The Bertz CT molecular complexity index is 1100. The van der Waals surface area contributed by atoms with Crippen molar-refractivity contribution in [3.05, 3.63) is 59.4 Å². The van der Waals surface area contributed by atoms with Crippen LogP contribution in [0.25, 0.3) is 11.0 Å². The average Bonchev–Trinajstić information content (AvgIpc) is 3.27. The first-order valence-corrected chi connectivity index (χ1v) is 10.9. The molecule has 154 valence electrons. The van der Waals surface area contributed by atoms with E-state index in [2.05, 4.69) is 16.9 Å². The third-order valence-corrected chi connectivity index (χ3v) is 7.04. The summed E-state index contributed by atoms with van der Waals surface area (Å²) in [6.07, 6.45) is 6.54. The Labute approximate surface area is 174 Å². The maximum Gasteiger partial charge on any atom is 0.290 e. The first-order valence-electron chi connectivity index (χ1n) is 9.12. The molecule has 2 aromatic heterocycles. The van der Waals surface area contributed by atoms with Gasteiger partial charge in [-0.2, -0.15) is 0 Å². The summed E-state index contributed by atoms with van der Waals surface area (Å²) in [4.78, 5) is 15.4. The number of carbonyl (C=O) groups is 1. The van der Waals surface area contributed by atoms with E-state index in [0.29, 0.717) is 16.6 Å². The molecular weight excluding hydrogens is 414 g/mol. The molecule has 7 nitrogen and oxygen atoms in total. The van der Waals surface area contributed by atoms with Gasteiger partial charge >= 0.3 is 0 Å². The van der Waals surface area contributed by atoms with E-state index in [0.717, 1.165) is 30.5 Å². The zero-order valence-electron chi connectivity index (χ0n) is 15.9. The summed E-state index contributed by atoms with van der Waals surface area (Å²) in [5.41, 5.74) is 2.33. The summed E-state index contributed by atoms with van der Waals surface area (Å²) in [6, 6.07) is 10.2. The van der Waals surface area contributed by atoms with Crippen LogP contribution in [0.2, 0.25) is 5.02 Å². The number of carboxylic acid groups (broad SMARTS) is 1. The fourth-order valence-corrected chi connectivity index (χ4v) is 5.16. The van der Waals surface area contributed by atoms with Crippen molar-refractivity contribution in [3.63, 3.8) is 0 Å². The molecule has 1 aliphatic rings. The van der Waals surface area contributed by atoms with Gasteiger partial charge in [0.15, 0.2) is 0 Å². The van der Waals surface area contributed by atoms with Crippen molar-refractivity contribution in [2.24, 2.45) is 0 Å². The van der Waals surface area contributed by atoms with Gasteiger partial charge < -0.3 is 10.0 Å². The summed E-state index contributed by atoms with van der Waals surface area (Å²) >= 11 is 5.90. The van der Waals surface area contributed by atoms with Gasteiger partial charge in [0.2, 0.25) is 0 Å². The van der Waals surface area contributed by atoms with Crippen LogP contribution in [-0.4, -0.2) is 53.5 Å². The minimum atomic E-state index is -3.70. The zero-order chi connectivity index (χ0) is 21.0. The Balaban J connectivity index is 0.000000755. The molecule has 29 heavy (non-hydrogen) atoms. The fourth-order valence-electron chi connectivity index (χ4n) is 3.65. The molecule has 1 saturated heterocycles. The number of fused-ring (bicyclic) bond motifs is 1. The summed E-state index contributed by atoms with van der Waals surface area (Å²) in [6.45, 7) is 0.833. The number of likely N-dealkylation sites (N-methyl/N-ethyl adjacent to an activating group) is 1. The molecule has 9 heteroatoms. The molecule has 0 amide bonds. The van der Waals surface area contributed by atoms with Gasteiger partial charge in [0.1, 0.15) is 0 Å². The minimum absolute atomic E-state index is 0.215.